The molecule has 0 bridgehead atoms. The first-order valence-electron chi connectivity index (χ1n) is 7.12. The third kappa shape index (κ3) is 9.30. The Balaban J connectivity index is 3.80. The molecule has 0 aromatic heterocycles. The molecule has 1 atom stereocenters. The van der Waals surface area contributed by atoms with Crippen molar-refractivity contribution in [3.05, 3.63) is 12.2 Å². The van der Waals surface area contributed by atoms with Crippen LogP contribution in [0, 0.1) is 5.92 Å². The fourth-order valence-electron chi connectivity index (χ4n) is 1.70. The molecule has 0 saturated carbocycles. The van der Waals surface area contributed by atoms with E-state index in [1.54, 1.807) is 6.92 Å². The number of amides is 1. The van der Waals surface area contributed by atoms with Crippen molar-refractivity contribution in [2.45, 2.75) is 52.4 Å². The van der Waals surface area contributed by atoms with Gasteiger partial charge in [0.15, 0.2) is 0 Å². The summed E-state index contributed by atoms with van der Waals surface area (Å²) in [6, 6.07) is 0. The second kappa shape index (κ2) is 11.2. The van der Waals surface area contributed by atoms with Crippen molar-refractivity contribution in [2.24, 2.45) is 5.92 Å². The number of ketones is 1. The third-order valence-corrected chi connectivity index (χ3v) is 3.02. The number of nitrogens with one attached hydrogen (secondary N) is 1. The maximum Gasteiger partial charge on any atom is 0.303 e. The average molecular weight is 283 g/mol. The van der Waals surface area contributed by atoms with Crippen LogP contribution in [0.1, 0.15) is 52.4 Å². The minimum atomic E-state index is -0.885. The first-order chi connectivity index (χ1) is 9.49. The van der Waals surface area contributed by atoms with Crippen LogP contribution in [-0.2, 0) is 14.4 Å². The third-order valence-electron chi connectivity index (χ3n) is 3.02. The number of allylic oxidation sites excluding steroid dienone is 2. The second-order valence-electron chi connectivity index (χ2n) is 4.79. The Kier molecular flexibility index (Phi) is 10.3. The van der Waals surface area contributed by atoms with Gasteiger partial charge in [-0.3, -0.25) is 14.4 Å². The summed E-state index contributed by atoms with van der Waals surface area (Å²) in [6.45, 7) is 3.85. The fourth-order valence-corrected chi connectivity index (χ4v) is 1.70. The molecule has 114 valence electrons. The van der Waals surface area contributed by atoms with Gasteiger partial charge in [0.2, 0.25) is 5.91 Å². The van der Waals surface area contributed by atoms with Crippen molar-refractivity contribution in [3.63, 3.8) is 0 Å². The van der Waals surface area contributed by atoms with Gasteiger partial charge in [-0.2, -0.15) is 0 Å². The van der Waals surface area contributed by atoms with E-state index in [-0.39, 0.29) is 18.1 Å². The van der Waals surface area contributed by atoms with Gasteiger partial charge in [-0.25, -0.2) is 0 Å². The van der Waals surface area contributed by atoms with Gasteiger partial charge in [0, 0.05) is 19.4 Å². The summed E-state index contributed by atoms with van der Waals surface area (Å²) >= 11 is 0. The number of Topliss-reactive ketones (excluding diaryl/α,β-unsaturated/α-hetero) is 1. The summed E-state index contributed by atoms with van der Waals surface area (Å²) in [6.07, 6.45) is 7.56. The molecule has 0 aromatic carbocycles. The lowest BCUT2D eigenvalue weighted by atomic mass is 10.00. The normalized spacial score (nSPS) is 12.3. The molecular weight excluding hydrogens is 258 g/mol. The molecule has 0 unspecified atom stereocenters. The molecule has 0 aromatic rings. The van der Waals surface area contributed by atoms with E-state index in [0.717, 1.165) is 19.3 Å². The van der Waals surface area contributed by atoms with Crippen LogP contribution in [0.4, 0.5) is 0 Å². The molecule has 1 amide bonds. The summed E-state index contributed by atoms with van der Waals surface area (Å²) in [5.74, 6) is -1.90. The lowest BCUT2D eigenvalue weighted by molar-refractivity contribution is -0.138. The van der Waals surface area contributed by atoms with Crippen molar-refractivity contribution < 1.29 is 19.5 Å². The molecule has 0 spiro atoms. The smallest absolute Gasteiger partial charge is 0.303 e. The highest BCUT2D eigenvalue weighted by Gasteiger charge is 2.20. The Bertz CT molecular complexity index is 350. The van der Waals surface area contributed by atoms with Crippen LogP contribution in [0.3, 0.4) is 0 Å². The Hall–Kier alpha value is -1.65. The summed E-state index contributed by atoms with van der Waals surface area (Å²) < 4.78 is 0. The highest BCUT2D eigenvalue weighted by Crippen LogP contribution is 2.07. The summed E-state index contributed by atoms with van der Waals surface area (Å²) in [4.78, 5) is 33.8. The van der Waals surface area contributed by atoms with E-state index in [2.05, 4.69) is 11.4 Å². The zero-order valence-corrected chi connectivity index (χ0v) is 12.4. The highest BCUT2D eigenvalue weighted by molar-refractivity contribution is 6.00. The first-order valence-corrected chi connectivity index (χ1v) is 7.12. The molecule has 0 heterocycles. The minimum absolute atomic E-state index is 0.0214. The van der Waals surface area contributed by atoms with Crippen LogP contribution >= 0.6 is 0 Å². The quantitative estimate of drug-likeness (QED) is 0.346. The number of hydrogen-bond donors (Lipinski definition) is 2. The van der Waals surface area contributed by atoms with Crippen LogP contribution in [0.2, 0.25) is 0 Å². The van der Waals surface area contributed by atoms with Gasteiger partial charge in [0.1, 0.15) is 5.78 Å². The Morgan fingerprint density at radius 3 is 2.45 bits per heavy atom. The maximum atomic E-state index is 11.8. The number of aliphatic carboxylic acids is 1. The van der Waals surface area contributed by atoms with E-state index in [1.807, 2.05) is 13.0 Å². The fraction of sp³-hybridized carbons (Fsp3) is 0.667. The predicted molar refractivity (Wildman–Crippen MR) is 77.3 cm³/mol. The van der Waals surface area contributed by atoms with Crippen LogP contribution in [0.25, 0.3) is 0 Å². The highest BCUT2D eigenvalue weighted by atomic mass is 16.4. The SMILES string of the molecule is C/C=C/CCCCC(=O)[C@H](C)C(=O)NCCCC(=O)O. The number of hydrogen-bond acceptors (Lipinski definition) is 3. The van der Waals surface area contributed by atoms with Gasteiger partial charge in [-0.15, -0.1) is 0 Å². The van der Waals surface area contributed by atoms with Gasteiger partial charge >= 0.3 is 5.97 Å². The number of carboxylic acid groups (broad SMARTS) is 1. The molecule has 0 fully saturated rings. The largest absolute Gasteiger partial charge is 0.481 e. The standard InChI is InChI=1S/C15H25NO4/c1-3-4-5-6-7-9-13(17)12(2)15(20)16-11-8-10-14(18)19/h3-4,12H,5-11H2,1-2H3,(H,16,20)(H,18,19)/b4-3+/t12-/m0/s1. The van der Waals surface area contributed by atoms with Crippen LogP contribution in [0.5, 0.6) is 0 Å². The van der Waals surface area contributed by atoms with Gasteiger partial charge < -0.3 is 10.4 Å². The van der Waals surface area contributed by atoms with E-state index >= 15 is 0 Å². The summed E-state index contributed by atoms with van der Waals surface area (Å²) in [5, 5.41) is 11.1. The molecule has 0 radical (unpaired) electrons. The van der Waals surface area contributed by atoms with Crippen molar-refractivity contribution >= 4 is 17.7 Å². The number of carbonyl (C=O) groups is 3. The van der Waals surface area contributed by atoms with Crippen LogP contribution in [-0.4, -0.2) is 29.3 Å². The Morgan fingerprint density at radius 1 is 1.15 bits per heavy atom. The van der Waals surface area contributed by atoms with Crippen LogP contribution < -0.4 is 5.32 Å². The zero-order valence-electron chi connectivity index (χ0n) is 12.4. The molecule has 0 aliphatic carbocycles. The molecule has 0 aliphatic rings. The van der Waals surface area contributed by atoms with E-state index in [1.165, 1.54) is 0 Å². The molecular formula is C15H25NO4. The van der Waals surface area contributed by atoms with Gasteiger partial charge in [-0.1, -0.05) is 12.2 Å². The molecule has 5 nitrogen and oxygen atoms in total. The molecule has 0 rings (SSSR count). The molecule has 20 heavy (non-hydrogen) atoms. The van der Waals surface area contributed by atoms with E-state index in [4.69, 9.17) is 5.11 Å². The predicted octanol–water partition coefficient (Wildman–Crippen LogP) is 2.31. The van der Waals surface area contributed by atoms with Crippen molar-refractivity contribution in [1.29, 1.82) is 0 Å². The Labute approximate surface area is 120 Å². The van der Waals surface area contributed by atoms with Crippen molar-refractivity contribution in [3.8, 4) is 0 Å². The summed E-state index contributed by atoms with van der Waals surface area (Å²) in [5.41, 5.74) is 0. The Morgan fingerprint density at radius 2 is 1.85 bits per heavy atom. The number of carboxylic acids is 1. The number of unbranched alkanes of at least 4 members (excludes halogenated alkanes) is 2. The number of carbonyl (C=O) groups excluding carboxylic acids is 2. The van der Waals surface area contributed by atoms with E-state index in [9.17, 15) is 14.4 Å². The summed E-state index contributed by atoms with van der Waals surface area (Å²) in [7, 11) is 0. The number of rotatable bonds is 11. The molecule has 0 aliphatic heterocycles. The zero-order chi connectivity index (χ0) is 15.4. The van der Waals surface area contributed by atoms with Crippen molar-refractivity contribution in [2.75, 3.05) is 6.54 Å². The molecule has 5 heteroatoms. The minimum Gasteiger partial charge on any atom is -0.481 e. The van der Waals surface area contributed by atoms with E-state index < -0.39 is 11.9 Å². The lowest BCUT2D eigenvalue weighted by Gasteiger charge is -2.10. The maximum absolute atomic E-state index is 11.8. The monoisotopic (exact) mass is 283 g/mol. The second-order valence-corrected chi connectivity index (χ2v) is 4.79. The van der Waals surface area contributed by atoms with Gasteiger partial charge in [0.05, 0.1) is 5.92 Å². The molecule has 2 N–H and O–H groups in total. The lowest BCUT2D eigenvalue weighted by Crippen LogP contribution is -2.34. The average Bonchev–Trinajstić information content (AvgIpc) is 2.41. The van der Waals surface area contributed by atoms with Crippen molar-refractivity contribution in [1.82, 2.24) is 5.32 Å². The van der Waals surface area contributed by atoms with Crippen LogP contribution in [0.15, 0.2) is 12.2 Å². The van der Waals surface area contributed by atoms with Gasteiger partial charge in [0.25, 0.3) is 0 Å². The topological polar surface area (TPSA) is 83.5 Å². The van der Waals surface area contributed by atoms with E-state index in [0.29, 0.717) is 19.4 Å². The molecule has 0 saturated heterocycles. The van der Waals surface area contributed by atoms with Gasteiger partial charge in [-0.05, 0) is 39.5 Å². The first kappa shape index (κ1) is 18.4.